The summed E-state index contributed by atoms with van der Waals surface area (Å²) in [6.45, 7) is 0.334. The normalized spacial score (nSPS) is 18.9. The van der Waals surface area contributed by atoms with Crippen molar-refractivity contribution in [1.29, 1.82) is 0 Å². The average Bonchev–Trinajstić information content (AvgIpc) is 2.79. The number of nitrogens with one attached hydrogen (secondary N) is 1. The molecule has 4 nitrogen and oxygen atoms in total. The predicted molar refractivity (Wildman–Crippen MR) is 113 cm³/mol. The summed E-state index contributed by atoms with van der Waals surface area (Å²) in [4.78, 5) is 13.5. The van der Waals surface area contributed by atoms with E-state index in [-0.39, 0.29) is 30.4 Å². The zero-order chi connectivity index (χ0) is 20.1. The third-order valence-corrected chi connectivity index (χ3v) is 5.51. The van der Waals surface area contributed by atoms with Gasteiger partial charge in [-0.25, -0.2) is 0 Å². The third-order valence-electron chi connectivity index (χ3n) is 5.51. The zero-order valence-electron chi connectivity index (χ0n) is 16.2. The van der Waals surface area contributed by atoms with Crippen molar-refractivity contribution in [3.05, 3.63) is 102 Å². The minimum Gasteiger partial charge on any atom is -0.493 e. The zero-order valence-corrected chi connectivity index (χ0v) is 16.2. The fourth-order valence-corrected chi connectivity index (χ4v) is 3.92. The Hall–Kier alpha value is -3.11. The van der Waals surface area contributed by atoms with Crippen molar-refractivity contribution in [3.8, 4) is 5.75 Å². The SMILES string of the molecule is O=C(N[C@H]1c2ccccc2OC[C@H]1CO)[C@@H](Cc1ccccc1)c1ccccc1. The number of para-hydroxylation sites is 1. The summed E-state index contributed by atoms with van der Waals surface area (Å²) in [5.41, 5.74) is 3.01. The maximum atomic E-state index is 13.5. The smallest absolute Gasteiger partial charge is 0.228 e. The van der Waals surface area contributed by atoms with E-state index < -0.39 is 0 Å². The largest absolute Gasteiger partial charge is 0.493 e. The fourth-order valence-electron chi connectivity index (χ4n) is 3.92. The van der Waals surface area contributed by atoms with Gasteiger partial charge >= 0.3 is 0 Å². The van der Waals surface area contributed by atoms with Crippen molar-refractivity contribution in [2.24, 2.45) is 5.92 Å². The lowest BCUT2D eigenvalue weighted by Crippen LogP contribution is -2.42. The Morgan fingerprint density at radius 1 is 0.966 bits per heavy atom. The molecule has 0 saturated heterocycles. The van der Waals surface area contributed by atoms with E-state index in [0.717, 1.165) is 22.4 Å². The van der Waals surface area contributed by atoms with E-state index in [2.05, 4.69) is 5.32 Å². The number of fused-ring (bicyclic) bond motifs is 1. The number of aliphatic hydroxyl groups is 1. The molecule has 2 N–H and O–H groups in total. The minimum absolute atomic E-state index is 0.0415. The summed E-state index contributed by atoms with van der Waals surface area (Å²) in [7, 11) is 0. The van der Waals surface area contributed by atoms with Crippen molar-refractivity contribution in [2.75, 3.05) is 13.2 Å². The topological polar surface area (TPSA) is 58.6 Å². The lowest BCUT2D eigenvalue weighted by molar-refractivity contribution is -0.124. The molecule has 0 bridgehead atoms. The van der Waals surface area contributed by atoms with Gasteiger partial charge in [-0.3, -0.25) is 4.79 Å². The van der Waals surface area contributed by atoms with E-state index in [4.69, 9.17) is 4.74 Å². The van der Waals surface area contributed by atoms with Gasteiger partial charge in [-0.15, -0.1) is 0 Å². The van der Waals surface area contributed by atoms with Crippen molar-refractivity contribution >= 4 is 5.91 Å². The van der Waals surface area contributed by atoms with Gasteiger partial charge in [0.2, 0.25) is 5.91 Å². The summed E-state index contributed by atoms with van der Waals surface area (Å²) in [5.74, 6) is 0.233. The van der Waals surface area contributed by atoms with Crippen molar-refractivity contribution < 1.29 is 14.6 Å². The van der Waals surface area contributed by atoms with Gasteiger partial charge in [0.05, 0.1) is 25.2 Å². The number of carbonyl (C=O) groups is 1. The van der Waals surface area contributed by atoms with Crippen LogP contribution in [0.25, 0.3) is 0 Å². The first kappa shape index (κ1) is 19.2. The average molecular weight is 387 g/mol. The first-order valence-electron chi connectivity index (χ1n) is 9.98. The molecule has 0 fully saturated rings. The Balaban J connectivity index is 1.62. The molecule has 1 aliphatic rings. The molecule has 0 radical (unpaired) electrons. The molecule has 0 aromatic heterocycles. The standard InChI is InChI=1S/C25H25NO3/c27-16-20-17-29-23-14-8-7-13-21(23)24(20)26-25(28)22(19-11-5-2-6-12-19)15-18-9-3-1-4-10-18/h1-14,20,22,24,27H,15-17H2,(H,26,28)/t20-,22+,24-/m1/s1. The van der Waals surface area contributed by atoms with E-state index in [0.29, 0.717) is 13.0 Å². The molecule has 4 heteroatoms. The molecule has 3 atom stereocenters. The van der Waals surface area contributed by atoms with Crippen LogP contribution in [0.2, 0.25) is 0 Å². The summed E-state index contributed by atoms with van der Waals surface area (Å²) < 4.78 is 5.77. The van der Waals surface area contributed by atoms with E-state index in [9.17, 15) is 9.90 Å². The molecule has 1 heterocycles. The molecule has 3 aromatic carbocycles. The highest BCUT2D eigenvalue weighted by atomic mass is 16.5. The van der Waals surface area contributed by atoms with Crippen LogP contribution < -0.4 is 10.1 Å². The molecule has 0 aliphatic carbocycles. The minimum atomic E-state index is -0.312. The Kier molecular flexibility index (Phi) is 5.92. The van der Waals surface area contributed by atoms with Gasteiger partial charge in [-0.1, -0.05) is 78.9 Å². The van der Waals surface area contributed by atoms with E-state index >= 15 is 0 Å². The van der Waals surface area contributed by atoms with Crippen LogP contribution in [-0.2, 0) is 11.2 Å². The van der Waals surface area contributed by atoms with Gasteiger partial charge < -0.3 is 15.2 Å². The number of ether oxygens (including phenoxy) is 1. The second-order valence-electron chi connectivity index (χ2n) is 7.43. The van der Waals surface area contributed by atoms with E-state index in [1.54, 1.807) is 0 Å². The molecule has 1 aliphatic heterocycles. The molecule has 0 spiro atoms. The number of carbonyl (C=O) groups excluding carboxylic acids is 1. The fraction of sp³-hybridized carbons (Fsp3) is 0.240. The summed E-state index contributed by atoms with van der Waals surface area (Å²) in [6.07, 6.45) is 0.616. The molecular formula is C25H25NO3. The third kappa shape index (κ3) is 4.33. The van der Waals surface area contributed by atoms with Gasteiger partial charge in [0, 0.05) is 11.5 Å². The highest BCUT2D eigenvalue weighted by molar-refractivity contribution is 5.84. The van der Waals surface area contributed by atoms with Gasteiger partial charge in [0.25, 0.3) is 0 Å². The molecule has 0 saturated carbocycles. The number of benzene rings is 3. The highest BCUT2D eigenvalue weighted by Crippen LogP contribution is 2.36. The van der Waals surface area contributed by atoms with E-state index in [1.165, 1.54) is 0 Å². The van der Waals surface area contributed by atoms with Crippen LogP contribution in [0.1, 0.15) is 28.7 Å². The molecule has 1 amide bonds. The molecule has 0 unspecified atom stereocenters. The molecule has 4 rings (SSSR count). The summed E-state index contributed by atoms with van der Waals surface area (Å²) >= 11 is 0. The van der Waals surface area contributed by atoms with Crippen LogP contribution in [0.3, 0.4) is 0 Å². The maximum Gasteiger partial charge on any atom is 0.228 e. The van der Waals surface area contributed by atoms with Crippen LogP contribution in [0.4, 0.5) is 0 Å². The second kappa shape index (κ2) is 8.93. The highest BCUT2D eigenvalue weighted by Gasteiger charge is 2.33. The van der Waals surface area contributed by atoms with Crippen LogP contribution in [-0.4, -0.2) is 24.2 Å². The lowest BCUT2D eigenvalue weighted by atomic mass is 9.88. The Bertz CT molecular complexity index is 943. The quantitative estimate of drug-likeness (QED) is 0.675. The second-order valence-corrected chi connectivity index (χ2v) is 7.43. The maximum absolute atomic E-state index is 13.5. The van der Waals surface area contributed by atoms with Crippen LogP contribution in [0, 0.1) is 5.92 Å². The monoisotopic (exact) mass is 387 g/mol. The van der Waals surface area contributed by atoms with Gasteiger partial charge in [0.15, 0.2) is 0 Å². The molecule has 148 valence electrons. The van der Waals surface area contributed by atoms with Crippen LogP contribution in [0.15, 0.2) is 84.9 Å². The predicted octanol–water partition coefficient (Wildman–Crippen LogP) is 3.87. The number of amides is 1. The van der Waals surface area contributed by atoms with Crippen molar-refractivity contribution in [3.63, 3.8) is 0 Å². The van der Waals surface area contributed by atoms with Crippen molar-refractivity contribution in [1.82, 2.24) is 5.32 Å². The Labute approximate surface area is 171 Å². The van der Waals surface area contributed by atoms with Crippen LogP contribution >= 0.6 is 0 Å². The van der Waals surface area contributed by atoms with Crippen molar-refractivity contribution in [2.45, 2.75) is 18.4 Å². The molecule has 3 aromatic rings. The number of rotatable bonds is 6. The first-order valence-corrected chi connectivity index (χ1v) is 9.98. The number of aliphatic hydroxyl groups excluding tert-OH is 1. The van der Waals surface area contributed by atoms with E-state index in [1.807, 2.05) is 84.9 Å². The molecule has 29 heavy (non-hydrogen) atoms. The van der Waals surface area contributed by atoms with Gasteiger partial charge in [-0.05, 0) is 23.6 Å². The Morgan fingerprint density at radius 3 is 2.34 bits per heavy atom. The number of hydrogen-bond donors (Lipinski definition) is 2. The summed E-state index contributed by atoms with van der Waals surface area (Å²) in [6, 6.07) is 27.3. The lowest BCUT2D eigenvalue weighted by Gasteiger charge is -2.34. The first-order chi connectivity index (χ1) is 14.3. The summed E-state index contributed by atoms with van der Waals surface area (Å²) in [5, 5.41) is 13.1. The number of hydrogen-bond acceptors (Lipinski definition) is 3. The van der Waals surface area contributed by atoms with Crippen LogP contribution in [0.5, 0.6) is 5.75 Å². The van der Waals surface area contributed by atoms with Gasteiger partial charge in [0.1, 0.15) is 5.75 Å². The Morgan fingerprint density at radius 2 is 1.62 bits per heavy atom. The molecular weight excluding hydrogens is 362 g/mol. The van der Waals surface area contributed by atoms with Gasteiger partial charge in [-0.2, -0.15) is 0 Å².